The zero-order valence-corrected chi connectivity index (χ0v) is 14.3. The van der Waals surface area contributed by atoms with E-state index in [0.717, 1.165) is 24.4 Å². The number of hydrogen-bond acceptors (Lipinski definition) is 4. The first-order valence-corrected chi connectivity index (χ1v) is 7.44. The maximum atomic E-state index is 12.0. The van der Waals surface area contributed by atoms with Gasteiger partial charge >= 0.3 is 12.0 Å². The Kier molecular flexibility index (Phi) is 6.39. The van der Waals surface area contributed by atoms with Crippen LogP contribution in [0.1, 0.15) is 30.8 Å². The second-order valence-electron chi connectivity index (χ2n) is 5.33. The lowest BCUT2D eigenvalue weighted by molar-refractivity contribution is -0.142. The van der Waals surface area contributed by atoms with Crippen molar-refractivity contribution in [2.45, 2.75) is 46.7 Å². The van der Waals surface area contributed by atoms with Crippen LogP contribution in [0.5, 0.6) is 0 Å². The number of nitrogens with zero attached hydrogens (tertiary/aromatic N) is 3. The van der Waals surface area contributed by atoms with Gasteiger partial charge in [-0.3, -0.25) is 4.68 Å². The average Bonchev–Trinajstić information content (AvgIpc) is 2.77. The Hall–Kier alpha value is -2.05. The van der Waals surface area contributed by atoms with Crippen molar-refractivity contribution in [3.05, 3.63) is 17.0 Å². The third kappa shape index (κ3) is 4.22. The number of esters is 1. The van der Waals surface area contributed by atoms with Gasteiger partial charge in [0.2, 0.25) is 0 Å². The molecule has 0 aromatic carbocycles. The van der Waals surface area contributed by atoms with Crippen LogP contribution in [0.3, 0.4) is 0 Å². The summed E-state index contributed by atoms with van der Waals surface area (Å²) in [4.78, 5) is 24.9. The molecule has 1 rings (SSSR count). The van der Waals surface area contributed by atoms with Crippen molar-refractivity contribution in [3.63, 3.8) is 0 Å². The molecular formula is C15H26N4O3. The standard InChI is InChI=1S/C15H26N4O3/c1-7-19-12(4)13(10(2)17-19)8-9-18(5)15(21)16-11(3)14(20)22-6/h11H,7-9H2,1-6H3,(H,16,21)/t11-/m1/s1. The predicted molar refractivity (Wildman–Crippen MR) is 83.7 cm³/mol. The lowest BCUT2D eigenvalue weighted by Gasteiger charge is -2.20. The molecule has 0 radical (unpaired) electrons. The van der Waals surface area contributed by atoms with E-state index in [4.69, 9.17) is 0 Å². The Bertz CT molecular complexity index is 539. The molecule has 1 heterocycles. The van der Waals surface area contributed by atoms with Crippen molar-refractivity contribution in [1.82, 2.24) is 20.0 Å². The summed E-state index contributed by atoms with van der Waals surface area (Å²) in [7, 11) is 3.00. The highest BCUT2D eigenvalue weighted by atomic mass is 16.5. The minimum atomic E-state index is -0.661. The summed E-state index contributed by atoms with van der Waals surface area (Å²) in [5.41, 5.74) is 3.30. The van der Waals surface area contributed by atoms with Gasteiger partial charge in [0, 0.05) is 25.8 Å². The molecule has 0 aliphatic heterocycles. The third-order valence-corrected chi connectivity index (χ3v) is 3.77. The topological polar surface area (TPSA) is 76.5 Å². The Balaban J connectivity index is 2.59. The molecule has 22 heavy (non-hydrogen) atoms. The summed E-state index contributed by atoms with van der Waals surface area (Å²) in [5.74, 6) is -0.460. The molecule has 1 aromatic heterocycles. The van der Waals surface area contributed by atoms with Crippen molar-refractivity contribution >= 4 is 12.0 Å². The van der Waals surface area contributed by atoms with Gasteiger partial charge in [-0.15, -0.1) is 0 Å². The molecule has 0 fully saturated rings. The summed E-state index contributed by atoms with van der Waals surface area (Å²) in [6, 6.07) is -0.956. The van der Waals surface area contributed by atoms with Crippen molar-refractivity contribution in [2.24, 2.45) is 0 Å². The SMILES string of the molecule is CCn1nc(C)c(CCN(C)C(=O)N[C@H](C)C(=O)OC)c1C. The number of likely N-dealkylation sites (N-methyl/N-ethyl adjacent to an activating group) is 1. The molecule has 1 N–H and O–H groups in total. The molecule has 0 aliphatic rings. The van der Waals surface area contributed by atoms with Gasteiger partial charge in [-0.05, 0) is 39.7 Å². The van der Waals surface area contributed by atoms with Gasteiger partial charge in [-0.2, -0.15) is 5.10 Å². The minimum Gasteiger partial charge on any atom is -0.467 e. The fraction of sp³-hybridized carbons (Fsp3) is 0.667. The van der Waals surface area contributed by atoms with E-state index in [1.807, 2.05) is 18.5 Å². The predicted octanol–water partition coefficient (Wildman–Crippen LogP) is 1.27. The number of nitrogens with one attached hydrogen (secondary N) is 1. The molecular weight excluding hydrogens is 284 g/mol. The van der Waals surface area contributed by atoms with E-state index in [2.05, 4.69) is 22.1 Å². The maximum absolute atomic E-state index is 12.0. The van der Waals surface area contributed by atoms with Gasteiger partial charge in [0.1, 0.15) is 6.04 Å². The van der Waals surface area contributed by atoms with E-state index in [-0.39, 0.29) is 6.03 Å². The molecule has 0 saturated heterocycles. The van der Waals surface area contributed by atoms with E-state index >= 15 is 0 Å². The first-order valence-electron chi connectivity index (χ1n) is 7.44. The van der Waals surface area contributed by atoms with E-state index in [0.29, 0.717) is 6.54 Å². The maximum Gasteiger partial charge on any atom is 0.328 e. The van der Waals surface area contributed by atoms with Crippen LogP contribution in [-0.2, 0) is 22.5 Å². The highest BCUT2D eigenvalue weighted by molar-refractivity contribution is 5.83. The monoisotopic (exact) mass is 310 g/mol. The van der Waals surface area contributed by atoms with Crippen LogP contribution < -0.4 is 5.32 Å². The highest BCUT2D eigenvalue weighted by Gasteiger charge is 2.19. The molecule has 0 spiro atoms. The first-order chi connectivity index (χ1) is 10.3. The number of hydrogen-bond donors (Lipinski definition) is 1. The second-order valence-corrected chi connectivity index (χ2v) is 5.33. The Morgan fingerprint density at radius 2 is 2.05 bits per heavy atom. The number of aromatic nitrogens is 2. The molecule has 1 aromatic rings. The number of aryl methyl sites for hydroxylation is 2. The van der Waals surface area contributed by atoms with Crippen LogP contribution in [0.4, 0.5) is 4.79 Å². The van der Waals surface area contributed by atoms with Crippen LogP contribution in [0.15, 0.2) is 0 Å². The van der Waals surface area contributed by atoms with E-state index in [1.165, 1.54) is 12.7 Å². The van der Waals surface area contributed by atoms with Crippen LogP contribution in [0.25, 0.3) is 0 Å². The number of carbonyl (C=O) groups is 2. The molecule has 124 valence electrons. The number of amides is 2. The van der Waals surface area contributed by atoms with E-state index < -0.39 is 12.0 Å². The number of urea groups is 1. The van der Waals surface area contributed by atoms with Crippen molar-refractivity contribution in [1.29, 1.82) is 0 Å². The van der Waals surface area contributed by atoms with Gasteiger partial charge in [0.25, 0.3) is 0 Å². The molecule has 0 saturated carbocycles. The lowest BCUT2D eigenvalue weighted by Crippen LogP contribution is -2.46. The summed E-state index contributed by atoms with van der Waals surface area (Å²) in [5, 5.41) is 7.07. The average molecular weight is 310 g/mol. The van der Waals surface area contributed by atoms with Gasteiger partial charge in [-0.25, -0.2) is 9.59 Å². The zero-order valence-electron chi connectivity index (χ0n) is 14.3. The second kappa shape index (κ2) is 7.82. The normalized spacial score (nSPS) is 11.9. The van der Waals surface area contributed by atoms with Gasteiger partial charge in [0.05, 0.1) is 12.8 Å². The number of carbonyl (C=O) groups excluding carboxylic acids is 2. The van der Waals surface area contributed by atoms with Crippen molar-refractivity contribution in [3.8, 4) is 0 Å². The van der Waals surface area contributed by atoms with Gasteiger partial charge in [-0.1, -0.05) is 0 Å². The van der Waals surface area contributed by atoms with Crippen LogP contribution in [-0.4, -0.2) is 53.4 Å². The summed E-state index contributed by atoms with van der Waals surface area (Å²) < 4.78 is 6.55. The molecule has 7 heteroatoms. The third-order valence-electron chi connectivity index (χ3n) is 3.77. The largest absolute Gasteiger partial charge is 0.467 e. The fourth-order valence-electron chi connectivity index (χ4n) is 2.32. The van der Waals surface area contributed by atoms with Crippen LogP contribution in [0.2, 0.25) is 0 Å². The van der Waals surface area contributed by atoms with Crippen LogP contribution in [0, 0.1) is 13.8 Å². The van der Waals surface area contributed by atoms with Gasteiger partial charge < -0.3 is 15.0 Å². The first kappa shape index (κ1) is 18.0. The Labute approximate surface area is 131 Å². The zero-order chi connectivity index (χ0) is 16.9. The number of methoxy groups -OCH3 is 1. The fourth-order valence-corrected chi connectivity index (χ4v) is 2.32. The van der Waals surface area contributed by atoms with Crippen LogP contribution >= 0.6 is 0 Å². The molecule has 0 aliphatic carbocycles. The molecule has 0 unspecified atom stereocenters. The summed E-state index contributed by atoms with van der Waals surface area (Å²) in [6.45, 7) is 9.05. The molecule has 7 nitrogen and oxygen atoms in total. The van der Waals surface area contributed by atoms with E-state index in [9.17, 15) is 9.59 Å². The number of ether oxygens (including phenoxy) is 1. The number of rotatable bonds is 6. The minimum absolute atomic E-state index is 0.295. The highest BCUT2D eigenvalue weighted by Crippen LogP contribution is 2.14. The quantitative estimate of drug-likeness (QED) is 0.803. The Morgan fingerprint density at radius 1 is 1.41 bits per heavy atom. The molecule has 0 bridgehead atoms. The smallest absolute Gasteiger partial charge is 0.328 e. The summed E-state index contributed by atoms with van der Waals surface area (Å²) in [6.07, 6.45) is 0.730. The Morgan fingerprint density at radius 3 is 2.55 bits per heavy atom. The lowest BCUT2D eigenvalue weighted by atomic mass is 10.1. The molecule has 1 atom stereocenters. The summed E-state index contributed by atoms with van der Waals surface area (Å²) >= 11 is 0. The van der Waals surface area contributed by atoms with E-state index in [1.54, 1.807) is 18.9 Å². The van der Waals surface area contributed by atoms with Gasteiger partial charge in [0.15, 0.2) is 0 Å². The molecule has 2 amide bonds. The van der Waals surface area contributed by atoms with Crippen molar-refractivity contribution < 1.29 is 14.3 Å². The van der Waals surface area contributed by atoms with Crippen molar-refractivity contribution in [2.75, 3.05) is 20.7 Å².